The van der Waals surface area contributed by atoms with Gasteiger partial charge in [-0.1, -0.05) is 0 Å². The second-order valence-electron chi connectivity index (χ2n) is 3.78. The summed E-state index contributed by atoms with van der Waals surface area (Å²) in [5, 5.41) is 0. The van der Waals surface area contributed by atoms with Crippen molar-refractivity contribution in [2.75, 3.05) is 13.7 Å². The fourth-order valence-electron chi connectivity index (χ4n) is 1.60. The highest BCUT2D eigenvalue weighted by atomic mass is 16.6. The number of hydrogen-bond acceptors (Lipinski definition) is 5. The third kappa shape index (κ3) is 5.01. The lowest BCUT2D eigenvalue weighted by Gasteiger charge is -2.02. The number of methoxy groups -OCH3 is 1. The minimum atomic E-state index is 0.182. The number of carbonyl (C=O) groups is 1. The number of Topliss-reactive ketones (excluding diaryl/α,β-unsaturated/α-hetero) is 1. The Hall–Kier alpha value is -1.33. The summed E-state index contributed by atoms with van der Waals surface area (Å²) in [6, 6.07) is 1.79. The molecular weight excluding hydrogens is 222 g/mol. The minimum absolute atomic E-state index is 0.182. The van der Waals surface area contributed by atoms with Gasteiger partial charge in [0.1, 0.15) is 11.5 Å². The van der Waals surface area contributed by atoms with E-state index in [0.29, 0.717) is 19.4 Å². The second-order valence-corrected chi connectivity index (χ2v) is 3.78. The molecule has 1 aromatic heterocycles. The molecule has 17 heavy (non-hydrogen) atoms. The number of rotatable bonds is 9. The molecule has 0 unspecified atom stereocenters. The molecule has 0 radical (unpaired) electrons. The molecule has 0 bridgehead atoms. The molecule has 0 aliphatic rings. The molecular formula is C12H19NO4. The lowest BCUT2D eigenvalue weighted by Crippen LogP contribution is -2.07. The Bertz CT molecular complexity index is 335. The van der Waals surface area contributed by atoms with Gasteiger partial charge in [-0.15, -0.1) is 0 Å². The second kappa shape index (κ2) is 7.86. The number of furan rings is 1. The molecule has 1 aromatic rings. The van der Waals surface area contributed by atoms with Gasteiger partial charge in [0.05, 0.1) is 20.0 Å². The Morgan fingerprint density at radius 2 is 2.24 bits per heavy atom. The van der Waals surface area contributed by atoms with E-state index in [4.69, 9.17) is 15.1 Å². The molecule has 0 amide bonds. The highest BCUT2D eigenvalue weighted by Crippen LogP contribution is 2.21. The fraction of sp³-hybridized carbons (Fsp3) is 0.583. The number of ketones is 1. The van der Waals surface area contributed by atoms with Crippen molar-refractivity contribution in [2.24, 2.45) is 5.90 Å². The maximum absolute atomic E-state index is 11.3. The quantitative estimate of drug-likeness (QED) is 0.527. The molecule has 0 spiro atoms. The third-order valence-corrected chi connectivity index (χ3v) is 2.53. The van der Waals surface area contributed by atoms with Gasteiger partial charge in [0.15, 0.2) is 5.75 Å². The number of hydrogen-bond donors (Lipinski definition) is 1. The van der Waals surface area contributed by atoms with Crippen LogP contribution in [0.15, 0.2) is 16.7 Å². The summed E-state index contributed by atoms with van der Waals surface area (Å²) >= 11 is 0. The maximum Gasteiger partial charge on any atom is 0.160 e. The van der Waals surface area contributed by atoms with Crippen LogP contribution in [0.25, 0.3) is 0 Å². The van der Waals surface area contributed by atoms with Crippen LogP contribution in [0.4, 0.5) is 0 Å². The molecule has 2 N–H and O–H groups in total. The summed E-state index contributed by atoms with van der Waals surface area (Å²) < 4.78 is 10.4. The molecule has 0 saturated heterocycles. The predicted octanol–water partition coefficient (Wildman–Crippen LogP) is 1.85. The van der Waals surface area contributed by atoms with Gasteiger partial charge in [0.25, 0.3) is 0 Å². The zero-order valence-electron chi connectivity index (χ0n) is 10.1. The highest BCUT2D eigenvalue weighted by Gasteiger charge is 2.07. The summed E-state index contributed by atoms with van der Waals surface area (Å²) in [6.07, 6.45) is 5.09. The summed E-state index contributed by atoms with van der Waals surface area (Å²) in [6.45, 7) is 0.296. The predicted molar refractivity (Wildman–Crippen MR) is 62.6 cm³/mol. The van der Waals surface area contributed by atoms with E-state index >= 15 is 0 Å². The molecule has 1 rings (SSSR count). The summed E-state index contributed by atoms with van der Waals surface area (Å²) in [7, 11) is 1.62. The fourth-order valence-corrected chi connectivity index (χ4v) is 1.60. The first kappa shape index (κ1) is 13.7. The van der Waals surface area contributed by atoms with Crippen LogP contribution < -0.4 is 10.6 Å². The van der Waals surface area contributed by atoms with E-state index in [0.717, 1.165) is 30.8 Å². The van der Waals surface area contributed by atoms with E-state index in [1.54, 1.807) is 19.4 Å². The van der Waals surface area contributed by atoms with Crippen molar-refractivity contribution < 1.29 is 18.8 Å². The number of carbonyl (C=O) groups excluding carboxylic acids is 1. The van der Waals surface area contributed by atoms with Gasteiger partial charge >= 0.3 is 0 Å². The molecule has 0 aliphatic heterocycles. The first-order valence-corrected chi connectivity index (χ1v) is 5.71. The van der Waals surface area contributed by atoms with Crippen molar-refractivity contribution in [3.8, 4) is 5.75 Å². The lowest BCUT2D eigenvalue weighted by atomic mass is 10.1. The van der Waals surface area contributed by atoms with E-state index in [-0.39, 0.29) is 5.78 Å². The average Bonchev–Trinajstić information content (AvgIpc) is 2.79. The smallest absolute Gasteiger partial charge is 0.160 e. The number of nitrogens with two attached hydrogens (primary N) is 1. The Balaban J connectivity index is 2.14. The minimum Gasteiger partial charge on any atom is -0.493 e. The van der Waals surface area contributed by atoms with Gasteiger partial charge in [0, 0.05) is 25.3 Å². The molecule has 96 valence electrons. The molecule has 1 heterocycles. The first-order chi connectivity index (χ1) is 8.27. The van der Waals surface area contributed by atoms with Crippen LogP contribution in [0.2, 0.25) is 0 Å². The molecule has 5 heteroatoms. The van der Waals surface area contributed by atoms with Gasteiger partial charge in [-0.25, -0.2) is 5.90 Å². The molecule has 0 atom stereocenters. The Morgan fingerprint density at radius 3 is 2.94 bits per heavy atom. The van der Waals surface area contributed by atoms with E-state index in [1.165, 1.54) is 0 Å². The van der Waals surface area contributed by atoms with Crippen molar-refractivity contribution in [1.29, 1.82) is 0 Å². The number of ether oxygens (including phenoxy) is 1. The van der Waals surface area contributed by atoms with Crippen LogP contribution in [0.1, 0.15) is 31.4 Å². The molecule has 0 aliphatic carbocycles. The topological polar surface area (TPSA) is 74.7 Å². The highest BCUT2D eigenvalue weighted by molar-refractivity contribution is 5.78. The summed E-state index contributed by atoms with van der Waals surface area (Å²) in [5.74, 6) is 6.64. The van der Waals surface area contributed by atoms with Crippen molar-refractivity contribution in [1.82, 2.24) is 0 Å². The van der Waals surface area contributed by atoms with Gasteiger partial charge in [0.2, 0.25) is 0 Å². The van der Waals surface area contributed by atoms with Crippen LogP contribution >= 0.6 is 0 Å². The van der Waals surface area contributed by atoms with Crippen molar-refractivity contribution in [3.63, 3.8) is 0 Å². The number of aryl methyl sites for hydroxylation is 1. The lowest BCUT2D eigenvalue weighted by molar-refractivity contribution is -0.120. The van der Waals surface area contributed by atoms with Crippen LogP contribution in [-0.2, 0) is 16.1 Å². The summed E-state index contributed by atoms with van der Waals surface area (Å²) in [4.78, 5) is 15.7. The first-order valence-electron chi connectivity index (χ1n) is 5.71. The number of unbranched alkanes of at least 4 members (excludes halogenated alkanes) is 1. The molecule has 0 aromatic carbocycles. The average molecular weight is 241 g/mol. The van der Waals surface area contributed by atoms with Gasteiger partial charge < -0.3 is 14.0 Å². The zero-order valence-corrected chi connectivity index (χ0v) is 10.1. The van der Waals surface area contributed by atoms with Gasteiger partial charge in [-0.2, -0.15) is 0 Å². The zero-order chi connectivity index (χ0) is 12.5. The SMILES string of the molecule is COc1ccoc1CCCCC(=O)CCON. The monoisotopic (exact) mass is 241 g/mol. The third-order valence-electron chi connectivity index (χ3n) is 2.53. The van der Waals surface area contributed by atoms with Crippen molar-refractivity contribution >= 4 is 5.78 Å². The van der Waals surface area contributed by atoms with E-state index in [1.807, 2.05) is 0 Å². The Labute approximate surface area is 101 Å². The van der Waals surface area contributed by atoms with E-state index < -0.39 is 0 Å². The summed E-state index contributed by atoms with van der Waals surface area (Å²) in [5.41, 5.74) is 0. The van der Waals surface area contributed by atoms with E-state index in [9.17, 15) is 4.79 Å². The molecule has 0 saturated carbocycles. The Morgan fingerprint density at radius 1 is 1.41 bits per heavy atom. The Kier molecular flexibility index (Phi) is 6.35. The normalized spacial score (nSPS) is 10.5. The van der Waals surface area contributed by atoms with Crippen LogP contribution in [0.3, 0.4) is 0 Å². The van der Waals surface area contributed by atoms with Gasteiger partial charge in [-0.3, -0.25) is 4.79 Å². The van der Waals surface area contributed by atoms with E-state index in [2.05, 4.69) is 4.84 Å². The van der Waals surface area contributed by atoms with Crippen LogP contribution in [0, 0.1) is 0 Å². The largest absolute Gasteiger partial charge is 0.493 e. The standard InChI is InChI=1S/C12H19NO4/c1-15-11-7-8-16-12(11)5-3-2-4-10(14)6-9-17-13/h7-8H,2-6,9,13H2,1H3. The molecule has 5 nitrogen and oxygen atoms in total. The van der Waals surface area contributed by atoms with Crippen LogP contribution in [0.5, 0.6) is 5.75 Å². The molecule has 0 fully saturated rings. The van der Waals surface area contributed by atoms with Crippen molar-refractivity contribution in [2.45, 2.75) is 32.1 Å². The van der Waals surface area contributed by atoms with Crippen molar-refractivity contribution in [3.05, 3.63) is 18.1 Å². The maximum atomic E-state index is 11.3. The van der Waals surface area contributed by atoms with Gasteiger partial charge in [-0.05, 0) is 12.8 Å². The van der Waals surface area contributed by atoms with Crippen LogP contribution in [-0.4, -0.2) is 19.5 Å².